The minimum atomic E-state index is -0.487. The van der Waals surface area contributed by atoms with Crippen molar-refractivity contribution in [2.75, 3.05) is 18.0 Å². The van der Waals surface area contributed by atoms with Crippen LogP contribution in [0, 0.1) is 0 Å². The number of nitrogens with zero attached hydrogens (tertiary/aromatic N) is 2. The molecule has 0 fully saturated rings. The van der Waals surface area contributed by atoms with Crippen molar-refractivity contribution < 1.29 is 9.21 Å². The lowest BCUT2D eigenvalue weighted by atomic mass is 10.1. The van der Waals surface area contributed by atoms with Crippen molar-refractivity contribution in [1.29, 1.82) is 0 Å². The van der Waals surface area contributed by atoms with Gasteiger partial charge in [0.05, 0.1) is 11.3 Å². The van der Waals surface area contributed by atoms with Gasteiger partial charge in [0, 0.05) is 35.8 Å². The van der Waals surface area contributed by atoms with E-state index >= 15 is 0 Å². The van der Waals surface area contributed by atoms with Crippen LogP contribution in [0.3, 0.4) is 0 Å². The molecule has 0 aliphatic carbocycles. The van der Waals surface area contributed by atoms with Crippen LogP contribution in [0.25, 0.3) is 11.0 Å². The van der Waals surface area contributed by atoms with Gasteiger partial charge in [0.1, 0.15) is 5.58 Å². The highest BCUT2D eigenvalue weighted by molar-refractivity contribution is 6.02. The molecule has 1 heterocycles. The molecule has 0 radical (unpaired) electrons. The molecule has 3 rings (SSSR count). The number of benzene rings is 2. The summed E-state index contributed by atoms with van der Waals surface area (Å²) in [5.41, 5.74) is 4.71. The largest absolute Gasteiger partial charge is 0.422 e. The van der Waals surface area contributed by atoms with E-state index in [-0.39, 0.29) is 5.91 Å². The molecular formula is C22H23N3O3. The number of fused-ring (bicyclic) bond motifs is 1. The third-order valence-corrected chi connectivity index (χ3v) is 4.60. The number of anilines is 1. The summed E-state index contributed by atoms with van der Waals surface area (Å²) in [5.74, 6) is -0.339. The van der Waals surface area contributed by atoms with E-state index < -0.39 is 5.63 Å². The second-order valence-corrected chi connectivity index (χ2v) is 6.35. The Hall–Kier alpha value is -3.41. The molecule has 1 amide bonds. The van der Waals surface area contributed by atoms with Crippen molar-refractivity contribution >= 4 is 28.3 Å². The van der Waals surface area contributed by atoms with Gasteiger partial charge in [-0.2, -0.15) is 5.10 Å². The van der Waals surface area contributed by atoms with Crippen LogP contribution in [-0.4, -0.2) is 24.7 Å². The topological polar surface area (TPSA) is 74.9 Å². The van der Waals surface area contributed by atoms with Crippen LogP contribution in [0.2, 0.25) is 0 Å². The Balaban J connectivity index is 1.88. The van der Waals surface area contributed by atoms with Crippen LogP contribution < -0.4 is 16.0 Å². The van der Waals surface area contributed by atoms with Crippen molar-refractivity contribution in [2.45, 2.75) is 20.8 Å². The van der Waals surface area contributed by atoms with Crippen LogP contribution in [-0.2, 0) is 0 Å². The predicted octanol–water partition coefficient (Wildman–Crippen LogP) is 3.79. The van der Waals surface area contributed by atoms with Crippen LogP contribution in [0.15, 0.2) is 68.9 Å². The number of hydrogen-bond acceptors (Lipinski definition) is 5. The van der Waals surface area contributed by atoms with E-state index in [9.17, 15) is 9.59 Å². The SMILES string of the molecule is CCN(CC)c1ccc2cc(/C(C)=N/NC(=O)c3ccccc3)c(=O)oc2c1. The summed E-state index contributed by atoms with van der Waals surface area (Å²) in [6, 6.07) is 16.3. The first-order valence-corrected chi connectivity index (χ1v) is 9.26. The quantitative estimate of drug-likeness (QED) is 0.403. The molecule has 1 N–H and O–H groups in total. The average molecular weight is 377 g/mol. The summed E-state index contributed by atoms with van der Waals surface area (Å²) in [6.07, 6.45) is 0. The molecule has 6 heteroatoms. The minimum absolute atomic E-state index is 0.316. The normalized spacial score (nSPS) is 11.5. The van der Waals surface area contributed by atoms with Crippen LogP contribution in [0.4, 0.5) is 5.69 Å². The second kappa shape index (κ2) is 8.52. The molecule has 0 atom stereocenters. The molecule has 1 aromatic heterocycles. The smallest absolute Gasteiger partial charge is 0.345 e. The summed E-state index contributed by atoms with van der Waals surface area (Å²) in [4.78, 5) is 26.7. The van der Waals surface area contributed by atoms with Gasteiger partial charge in [-0.05, 0) is 51.1 Å². The summed E-state index contributed by atoms with van der Waals surface area (Å²) in [7, 11) is 0. The Kier molecular flexibility index (Phi) is 5.89. The van der Waals surface area contributed by atoms with E-state index in [1.807, 2.05) is 24.3 Å². The number of rotatable bonds is 6. The molecule has 0 aliphatic rings. The molecule has 6 nitrogen and oxygen atoms in total. The van der Waals surface area contributed by atoms with Crippen LogP contribution in [0.5, 0.6) is 0 Å². The third-order valence-electron chi connectivity index (χ3n) is 4.60. The van der Waals surface area contributed by atoms with Crippen molar-refractivity contribution in [3.63, 3.8) is 0 Å². The molecule has 0 unspecified atom stereocenters. The number of hydrogen-bond donors (Lipinski definition) is 1. The number of carbonyl (C=O) groups is 1. The van der Waals surface area contributed by atoms with Crippen LogP contribution in [0.1, 0.15) is 36.7 Å². The number of carbonyl (C=O) groups excluding carboxylic acids is 1. The van der Waals surface area contributed by atoms with Crippen molar-refractivity contribution in [1.82, 2.24) is 5.43 Å². The van der Waals surface area contributed by atoms with Crippen molar-refractivity contribution in [3.8, 4) is 0 Å². The van der Waals surface area contributed by atoms with Gasteiger partial charge >= 0.3 is 5.63 Å². The Morgan fingerprint density at radius 1 is 1.07 bits per heavy atom. The third kappa shape index (κ3) is 4.11. The lowest BCUT2D eigenvalue weighted by molar-refractivity contribution is 0.0955. The fourth-order valence-corrected chi connectivity index (χ4v) is 2.99. The lowest BCUT2D eigenvalue weighted by Crippen LogP contribution is -2.22. The highest BCUT2D eigenvalue weighted by Gasteiger charge is 2.11. The second-order valence-electron chi connectivity index (χ2n) is 6.35. The number of nitrogens with one attached hydrogen (secondary N) is 1. The molecule has 0 spiro atoms. The molecule has 28 heavy (non-hydrogen) atoms. The van der Waals surface area contributed by atoms with Gasteiger partial charge in [0.15, 0.2) is 0 Å². The minimum Gasteiger partial charge on any atom is -0.422 e. The molecule has 144 valence electrons. The molecule has 0 aliphatic heterocycles. The fraction of sp³-hybridized carbons (Fsp3) is 0.227. The Morgan fingerprint density at radius 2 is 1.79 bits per heavy atom. The van der Waals surface area contributed by atoms with E-state index in [0.717, 1.165) is 24.2 Å². The number of hydrazone groups is 1. The molecule has 3 aromatic rings. The van der Waals surface area contributed by atoms with Gasteiger partial charge in [-0.15, -0.1) is 0 Å². The maximum absolute atomic E-state index is 12.4. The van der Waals surface area contributed by atoms with Gasteiger partial charge in [0.2, 0.25) is 0 Å². The highest BCUT2D eigenvalue weighted by Crippen LogP contribution is 2.22. The Morgan fingerprint density at radius 3 is 2.46 bits per heavy atom. The van der Waals surface area contributed by atoms with E-state index in [1.165, 1.54) is 0 Å². The van der Waals surface area contributed by atoms with Gasteiger partial charge in [0.25, 0.3) is 5.91 Å². The molecule has 2 aromatic carbocycles. The maximum Gasteiger partial charge on any atom is 0.345 e. The first-order chi connectivity index (χ1) is 13.5. The van der Waals surface area contributed by atoms with E-state index in [4.69, 9.17) is 4.42 Å². The van der Waals surface area contributed by atoms with Crippen molar-refractivity contribution in [2.24, 2.45) is 5.10 Å². The van der Waals surface area contributed by atoms with E-state index in [0.29, 0.717) is 22.4 Å². The monoisotopic (exact) mass is 377 g/mol. The highest BCUT2D eigenvalue weighted by atomic mass is 16.4. The molecule has 0 saturated carbocycles. The van der Waals surface area contributed by atoms with Gasteiger partial charge in [-0.25, -0.2) is 10.2 Å². The summed E-state index contributed by atoms with van der Waals surface area (Å²) < 4.78 is 5.51. The van der Waals surface area contributed by atoms with Crippen LogP contribution >= 0.6 is 0 Å². The summed E-state index contributed by atoms with van der Waals surface area (Å²) in [6.45, 7) is 7.56. The standard InChI is InChI=1S/C22H23N3O3/c1-4-25(5-2)18-12-11-17-13-19(22(27)28-20(17)14-18)15(3)23-24-21(26)16-9-7-6-8-10-16/h6-14H,4-5H2,1-3H3,(H,24,26)/b23-15+. The average Bonchev–Trinajstić information content (AvgIpc) is 2.72. The lowest BCUT2D eigenvalue weighted by Gasteiger charge is -2.21. The van der Waals surface area contributed by atoms with Gasteiger partial charge in [-0.1, -0.05) is 18.2 Å². The van der Waals surface area contributed by atoms with Gasteiger partial charge < -0.3 is 9.32 Å². The maximum atomic E-state index is 12.4. The summed E-state index contributed by atoms with van der Waals surface area (Å²) in [5, 5.41) is 4.86. The molecular weight excluding hydrogens is 354 g/mol. The van der Waals surface area contributed by atoms with E-state index in [2.05, 4.69) is 29.3 Å². The van der Waals surface area contributed by atoms with E-state index in [1.54, 1.807) is 37.3 Å². The zero-order valence-electron chi connectivity index (χ0n) is 16.2. The predicted molar refractivity (Wildman–Crippen MR) is 112 cm³/mol. The zero-order chi connectivity index (χ0) is 20.1. The fourth-order valence-electron chi connectivity index (χ4n) is 2.99. The first kappa shape index (κ1) is 19.4. The molecule has 0 saturated heterocycles. The summed E-state index contributed by atoms with van der Waals surface area (Å²) >= 11 is 0. The zero-order valence-corrected chi connectivity index (χ0v) is 16.2. The number of amides is 1. The Labute approximate surface area is 163 Å². The van der Waals surface area contributed by atoms with Gasteiger partial charge in [-0.3, -0.25) is 4.79 Å². The Bertz CT molecular complexity index is 1070. The first-order valence-electron chi connectivity index (χ1n) is 9.26. The van der Waals surface area contributed by atoms with Crippen molar-refractivity contribution in [3.05, 3.63) is 76.1 Å². The molecule has 0 bridgehead atoms.